The highest BCUT2D eigenvalue weighted by atomic mass is 19.4. The van der Waals surface area contributed by atoms with Crippen LogP contribution in [0.4, 0.5) is 26.3 Å². The van der Waals surface area contributed by atoms with E-state index in [0.29, 0.717) is 12.0 Å². The van der Waals surface area contributed by atoms with Gasteiger partial charge in [-0.25, -0.2) is 0 Å². The number of alkyl halides is 6. The van der Waals surface area contributed by atoms with Crippen molar-refractivity contribution in [1.29, 1.82) is 0 Å². The van der Waals surface area contributed by atoms with E-state index in [-0.39, 0.29) is 35.1 Å². The zero-order valence-electron chi connectivity index (χ0n) is 21.6. The quantitative estimate of drug-likeness (QED) is 0.216. The standard InChI is InChI=1S/C32H27F6NO/c1-2-11-28(40)39-30(21-22-12-5-3-6-13-22,24-16-9-17-25(20-24)31(33,34)35)26-18-10-19-27(32(36,37)38)29(26)23-14-7-4-8-15-23/h3-10,12-20H,2,11,21H2,1H3,(H,39,40). The summed E-state index contributed by atoms with van der Waals surface area (Å²) in [6.07, 6.45) is -9.11. The Hall–Kier alpha value is -4.07. The molecule has 4 aromatic rings. The van der Waals surface area contributed by atoms with Crippen molar-refractivity contribution in [2.45, 2.75) is 44.1 Å². The van der Waals surface area contributed by atoms with Crippen molar-refractivity contribution in [2.24, 2.45) is 0 Å². The van der Waals surface area contributed by atoms with Crippen LogP contribution < -0.4 is 5.32 Å². The Kier molecular flexibility index (Phi) is 8.37. The minimum absolute atomic E-state index is 0.0205. The maximum absolute atomic E-state index is 14.5. The number of halogens is 6. The van der Waals surface area contributed by atoms with E-state index in [0.717, 1.165) is 18.2 Å². The second kappa shape index (κ2) is 11.6. The lowest BCUT2D eigenvalue weighted by Crippen LogP contribution is -2.49. The molecule has 0 aliphatic heterocycles. The van der Waals surface area contributed by atoms with Crippen molar-refractivity contribution in [3.63, 3.8) is 0 Å². The summed E-state index contributed by atoms with van der Waals surface area (Å²) < 4.78 is 85.2. The molecule has 0 aromatic heterocycles. The van der Waals surface area contributed by atoms with Crippen LogP contribution in [0.3, 0.4) is 0 Å². The van der Waals surface area contributed by atoms with Crippen molar-refractivity contribution in [1.82, 2.24) is 5.32 Å². The lowest BCUT2D eigenvalue weighted by atomic mass is 9.73. The fourth-order valence-corrected chi connectivity index (χ4v) is 4.99. The van der Waals surface area contributed by atoms with Crippen LogP contribution >= 0.6 is 0 Å². The molecule has 1 atom stereocenters. The lowest BCUT2D eigenvalue weighted by molar-refractivity contribution is -0.138. The Balaban J connectivity index is 2.15. The highest BCUT2D eigenvalue weighted by molar-refractivity contribution is 5.81. The molecular formula is C32H27F6NO. The molecule has 40 heavy (non-hydrogen) atoms. The number of carbonyl (C=O) groups excluding carboxylic acids is 1. The number of carbonyl (C=O) groups is 1. The van der Waals surface area contributed by atoms with Crippen molar-refractivity contribution in [3.8, 4) is 11.1 Å². The number of nitrogens with one attached hydrogen (secondary N) is 1. The van der Waals surface area contributed by atoms with Gasteiger partial charge in [0.2, 0.25) is 5.91 Å². The monoisotopic (exact) mass is 555 g/mol. The van der Waals surface area contributed by atoms with E-state index in [2.05, 4.69) is 5.32 Å². The summed E-state index contributed by atoms with van der Waals surface area (Å²) in [6.45, 7) is 1.77. The molecule has 0 saturated carbocycles. The molecule has 0 heterocycles. The number of benzene rings is 4. The Morgan fingerprint density at radius 2 is 1.25 bits per heavy atom. The molecule has 1 N–H and O–H groups in total. The lowest BCUT2D eigenvalue weighted by Gasteiger charge is -2.39. The van der Waals surface area contributed by atoms with Gasteiger partial charge < -0.3 is 5.32 Å². The first-order valence-corrected chi connectivity index (χ1v) is 12.7. The molecule has 0 bridgehead atoms. The average molecular weight is 556 g/mol. The molecule has 4 aromatic carbocycles. The van der Waals surface area contributed by atoms with Gasteiger partial charge in [0.15, 0.2) is 0 Å². The second-order valence-electron chi connectivity index (χ2n) is 9.54. The van der Waals surface area contributed by atoms with Gasteiger partial charge in [0, 0.05) is 12.8 Å². The smallest absolute Gasteiger partial charge is 0.342 e. The van der Waals surface area contributed by atoms with Gasteiger partial charge in [-0.1, -0.05) is 91.9 Å². The van der Waals surface area contributed by atoms with Gasteiger partial charge in [-0.15, -0.1) is 0 Å². The molecule has 0 fully saturated rings. The van der Waals surface area contributed by atoms with Crippen LogP contribution in [0.1, 0.15) is 47.6 Å². The van der Waals surface area contributed by atoms with Crippen LogP contribution in [0.5, 0.6) is 0 Å². The molecule has 0 aliphatic carbocycles. The van der Waals surface area contributed by atoms with Gasteiger partial charge >= 0.3 is 12.4 Å². The van der Waals surface area contributed by atoms with E-state index in [9.17, 15) is 31.1 Å². The van der Waals surface area contributed by atoms with E-state index in [1.54, 1.807) is 55.5 Å². The minimum atomic E-state index is -4.78. The fourth-order valence-electron chi connectivity index (χ4n) is 4.99. The van der Waals surface area contributed by atoms with Gasteiger partial charge in [-0.05, 0) is 52.4 Å². The van der Waals surface area contributed by atoms with Crippen LogP contribution in [0.25, 0.3) is 11.1 Å². The molecular weight excluding hydrogens is 528 g/mol. The summed E-state index contributed by atoms with van der Waals surface area (Å²) in [5.41, 5.74) is -3.01. The highest BCUT2D eigenvalue weighted by Crippen LogP contribution is 2.46. The molecule has 1 unspecified atom stereocenters. The van der Waals surface area contributed by atoms with Gasteiger partial charge in [0.05, 0.1) is 16.7 Å². The number of rotatable bonds is 8. The fraction of sp³-hybridized carbons (Fsp3) is 0.219. The third-order valence-corrected chi connectivity index (χ3v) is 6.72. The number of hydrogen-bond acceptors (Lipinski definition) is 1. The van der Waals surface area contributed by atoms with Gasteiger partial charge in [-0.2, -0.15) is 26.3 Å². The number of amides is 1. The van der Waals surface area contributed by atoms with Gasteiger partial charge in [-0.3, -0.25) is 4.79 Å². The van der Waals surface area contributed by atoms with Crippen molar-refractivity contribution in [2.75, 3.05) is 0 Å². The predicted octanol–water partition coefficient (Wildman–Crippen LogP) is 8.79. The Morgan fingerprint density at radius 3 is 1.85 bits per heavy atom. The largest absolute Gasteiger partial charge is 0.417 e. The molecule has 0 spiro atoms. The average Bonchev–Trinajstić information content (AvgIpc) is 2.92. The van der Waals surface area contributed by atoms with E-state index in [1.807, 2.05) is 0 Å². The Labute approximate surface area is 228 Å². The summed E-state index contributed by atoms with van der Waals surface area (Å²) in [5.74, 6) is -0.493. The maximum atomic E-state index is 14.5. The molecule has 8 heteroatoms. The predicted molar refractivity (Wildman–Crippen MR) is 142 cm³/mol. The second-order valence-corrected chi connectivity index (χ2v) is 9.54. The summed E-state index contributed by atoms with van der Waals surface area (Å²) in [6, 6.07) is 24.6. The number of hydrogen-bond donors (Lipinski definition) is 1. The van der Waals surface area contributed by atoms with Crippen LogP contribution in [0, 0.1) is 0 Å². The normalized spacial score (nSPS) is 13.5. The van der Waals surface area contributed by atoms with Gasteiger partial charge in [0.1, 0.15) is 0 Å². The first kappa shape index (κ1) is 28.9. The topological polar surface area (TPSA) is 29.1 Å². The zero-order chi connectivity index (χ0) is 29.0. The summed E-state index contributed by atoms with van der Waals surface area (Å²) in [7, 11) is 0. The molecule has 1 amide bonds. The SMILES string of the molecule is CCCC(=O)NC(Cc1ccccc1)(c1cccc(C(F)(F)F)c1)c1cccc(C(F)(F)F)c1-c1ccccc1. The molecule has 2 nitrogen and oxygen atoms in total. The zero-order valence-corrected chi connectivity index (χ0v) is 21.6. The van der Waals surface area contributed by atoms with Gasteiger partial charge in [0.25, 0.3) is 0 Å². The minimum Gasteiger partial charge on any atom is -0.342 e. The highest BCUT2D eigenvalue weighted by Gasteiger charge is 2.43. The van der Waals surface area contributed by atoms with E-state index < -0.39 is 34.9 Å². The first-order chi connectivity index (χ1) is 19.0. The summed E-state index contributed by atoms with van der Waals surface area (Å²) in [4.78, 5) is 13.3. The van der Waals surface area contributed by atoms with Crippen LogP contribution in [-0.4, -0.2) is 5.91 Å². The molecule has 0 saturated heterocycles. The van der Waals surface area contributed by atoms with Crippen LogP contribution in [-0.2, 0) is 29.1 Å². The van der Waals surface area contributed by atoms with Crippen LogP contribution in [0.2, 0.25) is 0 Å². The first-order valence-electron chi connectivity index (χ1n) is 12.7. The van der Waals surface area contributed by atoms with Crippen molar-refractivity contribution in [3.05, 3.63) is 131 Å². The Morgan fingerprint density at radius 1 is 0.675 bits per heavy atom. The molecule has 4 rings (SSSR count). The maximum Gasteiger partial charge on any atom is 0.417 e. The van der Waals surface area contributed by atoms with E-state index in [4.69, 9.17) is 0 Å². The Bertz CT molecular complexity index is 1450. The van der Waals surface area contributed by atoms with Crippen LogP contribution in [0.15, 0.2) is 103 Å². The summed E-state index contributed by atoms with van der Waals surface area (Å²) >= 11 is 0. The third kappa shape index (κ3) is 6.22. The van der Waals surface area contributed by atoms with Crippen molar-refractivity contribution >= 4 is 5.91 Å². The molecule has 0 aliphatic rings. The molecule has 0 radical (unpaired) electrons. The summed E-state index contributed by atoms with van der Waals surface area (Å²) in [5, 5.41) is 2.91. The van der Waals surface area contributed by atoms with Crippen molar-refractivity contribution < 1.29 is 31.1 Å². The molecule has 208 valence electrons. The van der Waals surface area contributed by atoms with E-state index in [1.165, 1.54) is 36.4 Å². The van der Waals surface area contributed by atoms with E-state index >= 15 is 0 Å². The third-order valence-electron chi connectivity index (χ3n) is 6.72.